The molecule has 458 valence electrons. The molecule has 0 bridgehead atoms. The molecule has 0 fully saturated rings. The second-order valence-corrected chi connectivity index (χ2v) is 22.4. The van der Waals surface area contributed by atoms with Crippen LogP contribution < -0.4 is 21.3 Å². The number of H-pyrrole nitrogens is 3. The summed E-state index contributed by atoms with van der Waals surface area (Å²) in [6.07, 6.45) is 44.3. The summed E-state index contributed by atoms with van der Waals surface area (Å²) in [5.74, 6) is 0. The molecule has 20 rings (SSSR count). The van der Waals surface area contributed by atoms with E-state index in [0.29, 0.717) is 0 Å². The van der Waals surface area contributed by atoms with Crippen molar-refractivity contribution in [1.29, 1.82) is 0 Å². The van der Waals surface area contributed by atoms with Crippen LogP contribution in [0, 0.1) is 0 Å². The van der Waals surface area contributed by atoms with Gasteiger partial charge in [0.1, 0.15) is 12.7 Å². The minimum absolute atomic E-state index is 0.887. The first-order valence-electron chi connectivity index (χ1n) is 30.5. The van der Waals surface area contributed by atoms with Crippen molar-refractivity contribution in [1.82, 2.24) is 110 Å². The monoisotopic (exact) mass is 1210 g/mol. The van der Waals surface area contributed by atoms with Gasteiger partial charge < -0.3 is 40.2 Å². The predicted molar refractivity (Wildman–Crippen MR) is 348 cm³/mol. The van der Waals surface area contributed by atoms with Crippen LogP contribution in [0.5, 0.6) is 0 Å². The largest absolute Gasteiger partial charge is 0.351 e. The number of thiazole rings is 1. The van der Waals surface area contributed by atoms with E-state index >= 15 is 0 Å². The number of aryl methyl sites for hydroxylation is 4. The van der Waals surface area contributed by atoms with Crippen molar-refractivity contribution in [2.45, 2.75) is 90.3 Å². The molecule has 24 nitrogen and oxygen atoms in total. The summed E-state index contributed by atoms with van der Waals surface area (Å²) in [5.41, 5.74) is 20.4. The number of hydrogen-bond acceptors (Lipinski definition) is 18. The van der Waals surface area contributed by atoms with Gasteiger partial charge in [0.2, 0.25) is 0 Å². The average Bonchev–Trinajstić information content (AvgIpc) is 4.44. The van der Waals surface area contributed by atoms with Gasteiger partial charge in [-0.15, -0.1) is 21.5 Å². The van der Waals surface area contributed by atoms with E-state index in [1.807, 2.05) is 112 Å². The quantitative estimate of drug-likeness (QED) is 0.0763. The zero-order valence-electron chi connectivity index (χ0n) is 49.9. The molecule has 0 radical (unpaired) electrons. The maximum absolute atomic E-state index is 4.28. The van der Waals surface area contributed by atoms with Crippen LogP contribution in [-0.4, -0.2) is 146 Å². The number of aliphatic imine (C=N–C) groups is 2. The Morgan fingerprint density at radius 1 is 0.573 bits per heavy atom. The first-order valence-corrected chi connectivity index (χ1v) is 31.3. The molecule has 7 N–H and O–H groups in total. The highest BCUT2D eigenvalue weighted by Gasteiger charge is 2.15. The number of rotatable bonds is 0. The fraction of sp³-hybridized carbons (Fsp3) is 0.328. The smallest absolute Gasteiger partial charge is 0.160 e. The van der Waals surface area contributed by atoms with Gasteiger partial charge in [0.15, 0.2) is 16.9 Å². The molecular weight excluding hydrogens is 1140 g/mol. The number of hydrogen-bond donors (Lipinski definition) is 7. The Morgan fingerprint density at radius 2 is 1.42 bits per heavy atom. The van der Waals surface area contributed by atoms with Crippen LogP contribution >= 0.6 is 11.3 Å². The lowest BCUT2D eigenvalue weighted by molar-refractivity contribution is 0.627. The summed E-state index contributed by atoms with van der Waals surface area (Å²) >= 11 is 1.81. The van der Waals surface area contributed by atoms with E-state index in [0.717, 1.165) is 113 Å². The van der Waals surface area contributed by atoms with Crippen molar-refractivity contribution >= 4 is 51.7 Å². The van der Waals surface area contributed by atoms with Gasteiger partial charge in [-0.1, -0.05) is 12.1 Å². The summed E-state index contributed by atoms with van der Waals surface area (Å²) in [7, 11) is 0. The molecular formula is C64H76N24S. The molecule has 0 saturated heterocycles. The zero-order chi connectivity index (χ0) is 60.3. The van der Waals surface area contributed by atoms with Crippen LogP contribution in [-0.2, 0) is 51.7 Å². The molecule has 89 heavy (non-hydrogen) atoms. The van der Waals surface area contributed by atoms with Gasteiger partial charge in [0, 0.05) is 168 Å². The number of nitrogens with zero attached hydrogens (tertiary/aromatic N) is 17. The van der Waals surface area contributed by atoms with Crippen LogP contribution in [0.1, 0.15) is 77.4 Å². The Hall–Kier alpha value is -9.53. The molecule has 0 saturated carbocycles. The molecule has 7 aliphatic heterocycles. The van der Waals surface area contributed by atoms with Gasteiger partial charge in [0.05, 0.1) is 71.4 Å². The van der Waals surface area contributed by atoms with Crippen molar-refractivity contribution in [3.05, 3.63) is 215 Å². The third-order valence-corrected chi connectivity index (χ3v) is 16.4. The standard InChI is InChI=1S/2C7H10N2.C7H9NS.C7H9N.C6H5N3.2C6H9N3.3C6H5N3/c1-4-9-7-2-3-8-5-6(1)7;1-2-8-4-7-5-9-3-6(1)7;1-2-4-7-6(3-1)8-5-9-7;1-3-7-4-2-6-8(7)5-1;1-3-9-4-2-8-6(9)5-7-1;1-2-7-3-5-4-8-9-6(1)5;2*1-2-7-3-6-5(1)8-4-9-6;1-2-4-9-5-7-8-6(9)3-1;1-2-4-9-6(3-1)7-5-8-9/h4,8H,1-3,5H2;3,8H,1-2,4-5H2;5H,1-4H2;1,3,5H,2,4,6H2;1-5H;2*4,7H,1-3H2,(H,8,9);1-4H,(H,8,9);2*1-5H. The van der Waals surface area contributed by atoms with Crippen molar-refractivity contribution < 1.29 is 0 Å². The summed E-state index contributed by atoms with van der Waals surface area (Å²) < 4.78 is 7.81. The lowest BCUT2D eigenvalue weighted by Crippen LogP contribution is -2.24. The second kappa shape index (κ2) is 33.0. The fourth-order valence-electron chi connectivity index (χ4n) is 10.6. The second-order valence-electron chi connectivity index (χ2n) is 21.4. The van der Waals surface area contributed by atoms with E-state index in [1.165, 1.54) is 119 Å². The highest BCUT2D eigenvalue weighted by molar-refractivity contribution is 7.09. The van der Waals surface area contributed by atoms with E-state index in [9.17, 15) is 0 Å². The number of pyridine rings is 3. The Morgan fingerprint density at radius 3 is 2.28 bits per heavy atom. The van der Waals surface area contributed by atoms with Gasteiger partial charge in [-0.2, -0.15) is 10.2 Å². The van der Waals surface area contributed by atoms with Crippen molar-refractivity contribution in [3.63, 3.8) is 0 Å². The van der Waals surface area contributed by atoms with E-state index < -0.39 is 0 Å². The van der Waals surface area contributed by atoms with Crippen LogP contribution in [0.3, 0.4) is 0 Å². The molecule has 19 heterocycles. The lowest BCUT2D eigenvalue weighted by Gasteiger charge is -2.12. The maximum atomic E-state index is 4.28. The van der Waals surface area contributed by atoms with E-state index in [2.05, 4.69) is 124 Å². The van der Waals surface area contributed by atoms with E-state index in [-0.39, 0.29) is 0 Å². The van der Waals surface area contributed by atoms with Crippen LogP contribution in [0.4, 0.5) is 0 Å². The predicted octanol–water partition coefficient (Wildman–Crippen LogP) is 7.78. The summed E-state index contributed by atoms with van der Waals surface area (Å²) in [5, 5.41) is 31.5. The number of aromatic nitrogens is 18. The van der Waals surface area contributed by atoms with Crippen LogP contribution in [0.2, 0.25) is 0 Å². The molecule has 12 aromatic heterocycles. The summed E-state index contributed by atoms with van der Waals surface area (Å²) in [6.45, 7) is 10.6. The van der Waals surface area contributed by atoms with Crippen LogP contribution in [0.25, 0.3) is 28.0 Å². The van der Waals surface area contributed by atoms with Crippen LogP contribution in [0.15, 0.2) is 186 Å². The molecule has 25 heteroatoms. The third kappa shape index (κ3) is 18.0. The molecule has 0 amide bonds. The summed E-state index contributed by atoms with van der Waals surface area (Å²) in [6, 6.07) is 17.7. The Balaban J connectivity index is 0.000000102. The van der Waals surface area contributed by atoms with E-state index in [1.54, 1.807) is 54.5 Å². The highest BCUT2D eigenvalue weighted by atomic mass is 32.1. The SMILES string of the molecule is C1=NC2=C(C1)CNCC2.C1=NCC2=C1CCNC2.c1cc2n(c1)CCC2.c1cc2nc[nH]c2cn1.c1ccn2cnnc2c1.c1ccn2ncnc2c1.c1cn2ccnc2cn1.c1n[nH]c2c1CNCC2.c1nc2c([nH]1)CNCC2.c1nc2c(s1)CCCC2. The average molecular weight is 1210 g/mol. The van der Waals surface area contributed by atoms with Crippen molar-refractivity contribution in [2.24, 2.45) is 9.98 Å². The number of fused-ring (bicyclic) bond motifs is 8. The Labute approximate surface area is 519 Å². The highest BCUT2D eigenvalue weighted by Crippen LogP contribution is 2.23. The minimum atomic E-state index is 0.887. The summed E-state index contributed by atoms with van der Waals surface area (Å²) in [4.78, 5) is 44.3. The normalized spacial score (nSPS) is 15.9. The molecule has 0 aromatic carbocycles. The number of imidazole rings is 3. The first-order chi connectivity index (χ1) is 44.2. The number of aromatic amines is 3. The van der Waals surface area contributed by atoms with Crippen molar-refractivity contribution in [2.75, 3.05) is 45.8 Å². The van der Waals surface area contributed by atoms with Gasteiger partial charge in [0.25, 0.3) is 0 Å². The van der Waals surface area contributed by atoms with Gasteiger partial charge in [-0.05, 0) is 111 Å². The maximum Gasteiger partial charge on any atom is 0.160 e. The first kappa shape index (κ1) is 61.1. The zero-order valence-corrected chi connectivity index (χ0v) is 50.8. The third-order valence-electron chi connectivity index (χ3n) is 15.4. The fourth-order valence-corrected chi connectivity index (χ4v) is 11.5. The minimum Gasteiger partial charge on any atom is -0.351 e. The van der Waals surface area contributed by atoms with Gasteiger partial charge in [-0.25, -0.2) is 29.4 Å². The van der Waals surface area contributed by atoms with Gasteiger partial charge >= 0.3 is 0 Å². The lowest BCUT2D eigenvalue weighted by atomic mass is 10.0. The van der Waals surface area contributed by atoms with Gasteiger partial charge in [-0.3, -0.25) is 29.5 Å². The topological polar surface area (TPSA) is 280 Å². The Kier molecular flexibility index (Phi) is 22.7. The van der Waals surface area contributed by atoms with E-state index in [4.69, 9.17) is 0 Å². The molecule has 8 aliphatic rings. The molecule has 1 aliphatic carbocycles. The van der Waals surface area contributed by atoms with Crippen molar-refractivity contribution in [3.8, 4) is 0 Å². The molecule has 12 aromatic rings. The number of nitrogens with one attached hydrogen (secondary N) is 7. The molecule has 0 atom stereocenters. The molecule has 0 unspecified atom stereocenters. The molecule has 0 spiro atoms. The Bertz CT molecular complexity index is 3550.